The quantitative estimate of drug-likeness (QED) is 0.596. The average molecular weight is 397 g/mol. The second-order valence-electron chi connectivity index (χ2n) is 6.78. The smallest absolute Gasteiger partial charge is 0.228 e. The van der Waals surface area contributed by atoms with Gasteiger partial charge >= 0.3 is 0 Å². The normalized spacial score (nSPS) is 11.4. The molecule has 0 aliphatic carbocycles. The van der Waals surface area contributed by atoms with Gasteiger partial charge in [-0.1, -0.05) is 35.4 Å². The molecule has 5 nitrogen and oxygen atoms in total. The number of anilines is 1. The minimum atomic E-state index is -3.53. The van der Waals surface area contributed by atoms with Gasteiger partial charge in [-0.2, -0.15) is 0 Å². The fourth-order valence-electron chi connectivity index (χ4n) is 2.83. The summed E-state index contributed by atoms with van der Waals surface area (Å²) in [6, 6.07) is 17.8. The highest BCUT2D eigenvalue weighted by Crippen LogP contribution is 2.21. The summed E-state index contributed by atoms with van der Waals surface area (Å²) in [5, 5.41) is 0. The molecule has 1 aromatic heterocycles. The van der Waals surface area contributed by atoms with E-state index in [1.807, 2.05) is 38.1 Å². The van der Waals surface area contributed by atoms with Gasteiger partial charge in [-0.05, 0) is 50.2 Å². The fraction of sp³-hybridized carbons (Fsp3) is 0.227. The molecule has 0 saturated heterocycles. The Bertz CT molecular complexity index is 1020. The van der Waals surface area contributed by atoms with Crippen LogP contribution in [0.25, 0.3) is 0 Å². The summed E-state index contributed by atoms with van der Waals surface area (Å²) in [4.78, 5) is 14.7. The van der Waals surface area contributed by atoms with Gasteiger partial charge in [0, 0.05) is 12.1 Å². The summed E-state index contributed by atoms with van der Waals surface area (Å²) < 4.78 is 30.5. The van der Waals surface area contributed by atoms with Gasteiger partial charge < -0.3 is 9.32 Å². The van der Waals surface area contributed by atoms with Crippen LogP contribution in [0.15, 0.2) is 76.2 Å². The standard InChI is InChI=1S/C22H23NO4S/c1-17-5-9-19(10-6-17)23(16-20-4-3-14-27-20)22(24)13-15-28(25,26)21-11-7-18(2)8-12-21/h3-12,14H,13,15-16H2,1-2H3. The maximum absolute atomic E-state index is 12.9. The highest BCUT2D eigenvalue weighted by molar-refractivity contribution is 7.91. The van der Waals surface area contributed by atoms with Crippen LogP contribution in [0.2, 0.25) is 0 Å². The molecule has 2 aromatic carbocycles. The number of nitrogens with zero attached hydrogens (tertiary/aromatic N) is 1. The van der Waals surface area contributed by atoms with Gasteiger partial charge in [0.1, 0.15) is 5.76 Å². The number of aryl methyl sites for hydroxylation is 2. The second kappa shape index (κ2) is 8.44. The highest BCUT2D eigenvalue weighted by atomic mass is 32.2. The lowest BCUT2D eigenvalue weighted by Crippen LogP contribution is -2.31. The summed E-state index contributed by atoms with van der Waals surface area (Å²) in [5.74, 6) is 0.126. The van der Waals surface area contributed by atoms with Crippen LogP contribution >= 0.6 is 0 Å². The highest BCUT2D eigenvalue weighted by Gasteiger charge is 2.22. The number of hydrogen-bond donors (Lipinski definition) is 0. The number of furan rings is 1. The van der Waals surface area contributed by atoms with Crippen molar-refractivity contribution < 1.29 is 17.6 Å². The predicted octanol–water partition coefficient (Wildman–Crippen LogP) is 4.29. The van der Waals surface area contributed by atoms with Crippen LogP contribution in [-0.2, 0) is 21.2 Å². The van der Waals surface area contributed by atoms with Crippen LogP contribution in [0, 0.1) is 13.8 Å². The molecule has 0 unspecified atom stereocenters. The van der Waals surface area contributed by atoms with E-state index in [1.165, 1.54) is 0 Å². The van der Waals surface area contributed by atoms with E-state index < -0.39 is 9.84 Å². The minimum absolute atomic E-state index is 0.106. The third-order valence-electron chi connectivity index (χ3n) is 4.51. The van der Waals surface area contributed by atoms with E-state index in [9.17, 15) is 13.2 Å². The van der Waals surface area contributed by atoms with Crippen molar-refractivity contribution in [1.29, 1.82) is 0 Å². The lowest BCUT2D eigenvalue weighted by Gasteiger charge is -2.22. The van der Waals surface area contributed by atoms with Crippen molar-refractivity contribution >= 4 is 21.4 Å². The largest absolute Gasteiger partial charge is 0.467 e. The molecular formula is C22H23NO4S. The molecule has 0 spiro atoms. The molecule has 1 amide bonds. The molecule has 1 heterocycles. The van der Waals surface area contributed by atoms with Crippen LogP contribution in [-0.4, -0.2) is 20.1 Å². The van der Waals surface area contributed by atoms with E-state index in [-0.39, 0.29) is 29.5 Å². The number of carbonyl (C=O) groups excluding carboxylic acids is 1. The zero-order valence-electron chi connectivity index (χ0n) is 16.0. The zero-order valence-corrected chi connectivity index (χ0v) is 16.8. The van der Waals surface area contributed by atoms with E-state index in [1.54, 1.807) is 47.6 Å². The topological polar surface area (TPSA) is 67.6 Å². The van der Waals surface area contributed by atoms with Crippen molar-refractivity contribution in [2.75, 3.05) is 10.7 Å². The van der Waals surface area contributed by atoms with Gasteiger partial charge in [0.15, 0.2) is 9.84 Å². The molecule has 3 rings (SSSR count). The van der Waals surface area contributed by atoms with Crippen molar-refractivity contribution in [3.8, 4) is 0 Å². The van der Waals surface area contributed by atoms with Crippen molar-refractivity contribution in [3.05, 3.63) is 83.8 Å². The Hall–Kier alpha value is -2.86. The Kier molecular flexibility index (Phi) is 5.99. The Labute approximate surface area is 165 Å². The van der Waals surface area contributed by atoms with E-state index in [0.29, 0.717) is 11.4 Å². The molecule has 0 radical (unpaired) electrons. The van der Waals surface area contributed by atoms with E-state index in [2.05, 4.69) is 0 Å². The fourth-order valence-corrected chi connectivity index (χ4v) is 4.06. The SMILES string of the molecule is Cc1ccc(N(Cc2ccco2)C(=O)CCS(=O)(=O)c2ccc(C)cc2)cc1. The second-order valence-corrected chi connectivity index (χ2v) is 8.89. The van der Waals surface area contributed by atoms with Gasteiger partial charge in [-0.15, -0.1) is 0 Å². The Balaban J connectivity index is 1.77. The molecule has 0 aliphatic rings. The van der Waals surface area contributed by atoms with E-state index in [0.717, 1.165) is 11.1 Å². The van der Waals surface area contributed by atoms with Crippen molar-refractivity contribution in [1.82, 2.24) is 0 Å². The molecule has 28 heavy (non-hydrogen) atoms. The van der Waals surface area contributed by atoms with E-state index >= 15 is 0 Å². The van der Waals surface area contributed by atoms with Gasteiger partial charge in [0.25, 0.3) is 0 Å². The Morgan fingerprint density at radius 3 is 2.11 bits per heavy atom. The van der Waals surface area contributed by atoms with Crippen molar-refractivity contribution in [3.63, 3.8) is 0 Å². The van der Waals surface area contributed by atoms with Crippen LogP contribution in [0.3, 0.4) is 0 Å². The first-order valence-corrected chi connectivity index (χ1v) is 10.7. The molecule has 146 valence electrons. The molecule has 0 atom stereocenters. The predicted molar refractivity (Wildman–Crippen MR) is 109 cm³/mol. The summed E-state index contributed by atoms with van der Waals surface area (Å²) in [6.45, 7) is 4.12. The number of hydrogen-bond acceptors (Lipinski definition) is 4. The maximum Gasteiger partial charge on any atom is 0.228 e. The molecule has 0 bridgehead atoms. The molecule has 3 aromatic rings. The van der Waals surface area contributed by atoms with Gasteiger partial charge in [0.2, 0.25) is 5.91 Å². The monoisotopic (exact) mass is 397 g/mol. The van der Waals surface area contributed by atoms with Crippen molar-refractivity contribution in [2.45, 2.75) is 31.7 Å². The average Bonchev–Trinajstić information content (AvgIpc) is 3.19. The Morgan fingerprint density at radius 1 is 0.929 bits per heavy atom. The first-order valence-electron chi connectivity index (χ1n) is 9.04. The zero-order chi connectivity index (χ0) is 20.1. The first-order chi connectivity index (χ1) is 13.3. The van der Waals surface area contributed by atoms with Crippen LogP contribution < -0.4 is 4.90 Å². The minimum Gasteiger partial charge on any atom is -0.467 e. The molecule has 0 N–H and O–H groups in total. The first kappa shape index (κ1) is 19.9. The molecule has 0 fully saturated rings. The van der Waals surface area contributed by atoms with Gasteiger partial charge in [-0.3, -0.25) is 4.79 Å². The molecule has 0 saturated carbocycles. The molecule has 0 aliphatic heterocycles. The summed E-state index contributed by atoms with van der Waals surface area (Å²) in [5.41, 5.74) is 2.77. The van der Waals surface area contributed by atoms with Crippen LogP contribution in [0.1, 0.15) is 23.3 Å². The summed E-state index contributed by atoms with van der Waals surface area (Å²) >= 11 is 0. The number of carbonyl (C=O) groups is 1. The van der Waals surface area contributed by atoms with Gasteiger partial charge in [0.05, 0.1) is 23.5 Å². The Morgan fingerprint density at radius 2 is 1.54 bits per heavy atom. The van der Waals surface area contributed by atoms with E-state index in [4.69, 9.17) is 4.42 Å². The third-order valence-corrected chi connectivity index (χ3v) is 6.24. The lowest BCUT2D eigenvalue weighted by atomic mass is 10.2. The summed E-state index contributed by atoms with van der Waals surface area (Å²) in [6.07, 6.45) is 1.44. The number of benzene rings is 2. The maximum atomic E-state index is 12.9. The molecular weight excluding hydrogens is 374 g/mol. The van der Waals surface area contributed by atoms with Crippen LogP contribution in [0.4, 0.5) is 5.69 Å². The van der Waals surface area contributed by atoms with Crippen LogP contribution in [0.5, 0.6) is 0 Å². The number of amides is 1. The van der Waals surface area contributed by atoms with Crippen molar-refractivity contribution in [2.24, 2.45) is 0 Å². The molecule has 6 heteroatoms. The lowest BCUT2D eigenvalue weighted by molar-refractivity contribution is -0.118. The third kappa shape index (κ3) is 4.89. The number of sulfone groups is 1. The summed E-state index contributed by atoms with van der Waals surface area (Å²) in [7, 11) is -3.53. The van der Waals surface area contributed by atoms with Gasteiger partial charge in [-0.25, -0.2) is 8.42 Å². The number of rotatable bonds is 7.